The number of carbonyl (C=O) groups is 1. The monoisotopic (exact) mass is 455 g/mol. The van der Waals surface area contributed by atoms with E-state index in [-0.39, 0.29) is 24.6 Å². The molecule has 2 unspecified atom stereocenters. The minimum atomic E-state index is -0.558. The first kappa shape index (κ1) is 21.0. The molecule has 3 atom stereocenters. The average molecular weight is 456 g/mol. The molecule has 2 aliphatic heterocycles. The van der Waals surface area contributed by atoms with Crippen molar-refractivity contribution < 1.29 is 14.6 Å². The zero-order valence-electron chi connectivity index (χ0n) is 17.8. The number of aromatic amines is 1. The fourth-order valence-corrected chi connectivity index (χ4v) is 4.96. The lowest BCUT2D eigenvalue weighted by Gasteiger charge is -2.44. The standard InChI is InChI=1S/C23H26ClN5O3/c1-23(22(31)28-17(6-9-30)14-2-4-15(24)5-3-14)7-8-29-16(10-23)12-32-18-11-25-20-19(18)21(29)27-13-26-20/h2-5,11,13,16-17,30H,6-10,12H2,1H3,(H,28,31)(H,25,26,27)/t16?,17-,23?/m0/s1. The largest absolute Gasteiger partial charge is 0.489 e. The van der Waals surface area contributed by atoms with Gasteiger partial charge in [0.2, 0.25) is 5.91 Å². The highest BCUT2D eigenvalue weighted by atomic mass is 35.5. The fraction of sp³-hybridized carbons (Fsp3) is 0.435. The van der Waals surface area contributed by atoms with E-state index in [2.05, 4.69) is 25.2 Å². The van der Waals surface area contributed by atoms with Crippen molar-refractivity contribution in [1.29, 1.82) is 0 Å². The van der Waals surface area contributed by atoms with Crippen molar-refractivity contribution >= 4 is 34.4 Å². The number of benzene rings is 1. The number of fused-ring (bicyclic) bond motifs is 2. The first-order chi connectivity index (χ1) is 15.5. The van der Waals surface area contributed by atoms with Gasteiger partial charge >= 0.3 is 0 Å². The summed E-state index contributed by atoms with van der Waals surface area (Å²) in [6.07, 6.45) is 5.15. The van der Waals surface area contributed by atoms with E-state index in [1.165, 1.54) is 0 Å². The molecule has 3 N–H and O–H groups in total. The Labute approximate surface area is 191 Å². The van der Waals surface area contributed by atoms with Gasteiger partial charge in [0, 0.05) is 24.4 Å². The van der Waals surface area contributed by atoms with Gasteiger partial charge in [-0.2, -0.15) is 0 Å². The van der Waals surface area contributed by atoms with Gasteiger partial charge in [-0.25, -0.2) is 9.97 Å². The predicted octanol–water partition coefficient (Wildman–Crippen LogP) is 3.22. The molecule has 168 valence electrons. The highest BCUT2D eigenvalue weighted by molar-refractivity contribution is 6.30. The molecule has 0 saturated carbocycles. The highest BCUT2D eigenvalue weighted by Gasteiger charge is 2.44. The molecule has 8 nitrogen and oxygen atoms in total. The van der Waals surface area contributed by atoms with Crippen LogP contribution in [0, 0.1) is 5.41 Å². The van der Waals surface area contributed by atoms with Crippen molar-refractivity contribution in [3.63, 3.8) is 0 Å². The number of hydrogen-bond acceptors (Lipinski definition) is 6. The number of halogens is 1. The fourth-order valence-electron chi connectivity index (χ4n) is 4.83. The summed E-state index contributed by atoms with van der Waals surface area (Å²) >= 11 is 6.01. The van der Waals surface area contributed by atoms with Crippen LogP contribution in [-0.2, 0) is 4.79 Å². The van der Waals surface area contributed by atoms with Crippen LogP contribution in [0.1, 0.15) is 37.8 Å². The summed E-state index contributed by atoms with van der Waals surface area (Å²) in [6.45, 7) is 3.17. The van der Waals surface area contributed by atoms with Gasteiger partial charge in [-0.15, -0.1) is 0 Å². The molecule has 0 radical (unpaired) electrons. The number of amides is 1. The number of hydrogen-bond donors (Lipinski definition) is 3. The lowest BCUT2D eigenvalue weighted by atomic mass is 9.76. The number of aliphatic hydroxyl groups is 1. The van der Waals surface area contributed by atoms with Gasteiger partial charge in [0.25, 0.3) is 0 Å². The van der Waals surface area contributed by atoms with Gasteiger partial charge < -0.3 is 25.0 Å². The second-order valence-electron chi connectivity index (χ2n) is 8.84. The normalized spacial score (nSPS) is 23.2. The Morgan fingerprint density at radius 3 is 3.00 bits per heavy atom. The van der Waals surface area contributed by atoms with Crippen LogP contribution in [0.5, 0.6) is 5.75 Å². The van der Waals surface area contributed by atoms with Gasteiger partial charge in [0.05, 0.1) is 17.5 Å². The lowest BCUT2D eigenvalue weighted by Crippen LogP contribution is -2.54. The predicted molar refractivity (Wildman–Crippen MR) is 122 cm³/mol. The van der Waals surface area contributed by atoms with E-state index in [4.69, 9.17) is 16.3 Å². The quantitative estimate of drug-likeness (QED) is 0.545. The van der Waals surface area contributed by atoms with Crippen LogP contribution in [0.25, 0.3) is 11.0 Å². The molecule has 1 amide bonds. The molecule has 4 heterocycles. The Kier molecular flexibility index (Phi) is 5.43. The van der Waals surface area contributed by atoms with E-state index in [1.807, 2.05) is 25.3 Å². The van der Waals surface area contributed by atoms with Gasteiger partial charge in [0.15, 0.2) is 0 Å². The maximum Gasteiger partial charge on any atom is 0.226 e. The molecule has 0 spiro atoms. The minimum Gasteiger partial charge on any atom is -0.489 e. The molecule has 9 heteroatoms. The van der Waals surface area contributed by atoms with Gasteiger partial charge in [-0.05, 0) is 37.0 Å². The van der Waals surface area contributed by atoms with Crippen LogP contribution in [0.3, 0.4) is 0 Å². The smallest absolute Gasteiger partial charge is 0.226 e. The van der Waals surface area contributed by atoms with Crippen molar-refractivity contribution in [3.05, 3.63) is 47.4 Å². The van der Waals surface area contributed by atoms with Gasteiger partial charge in [0.1, 0.15) is 35.5 Å². The van der Waals surface area contributed by atoms with E-state index in [0.717, 1.165) is 28.2 Å². The number of aliphatic hydroxyl groups excluding tert-OH is 1. The van der Waals surface area contributed by atoms with Crippen LogP contribution < -0.4 is 15.0 Å². The Morgan fingerprint density at radius 1 is 1.41 bits per heavy atom. The maximum absolute atomic E-state index is 13.5. The molecular formula is C23H26ClN5O3. The summed E-state index contributed by atoms with van der Waals surface area (Å²) < 4.78 is 6.07. The molecule has 3 aromatic rings. The number of nitrogens with one attached hydrogen (secondary N) is 2. The molecule has 1 aromatic carbocycles. The molecule has 0 bridgehead atoms. The first-order valence-electron chi connectivity index (χ1n) is 10.9. The summed E-state index contributed by atoms with van der Waals surface area (Å²) in [7, 11) is 0. The van der Waals surface area contributed by atoms with Gasteiger partial charge in [-0.3, -0.25) is 4.79 Å². The second-order valence-corrected chi connectivity index (χ2v) is 9.27. The van der Waals surface area contributed by atoms with Crippen molar-refractivity contribution in [2.24, 2.45) is 5.41 Å². The lowest BCUT2D eigenvalue weighted by molar-refractivity contribution is -0.132. The van der Waals surface area contributed by atoms with Crippen LogP contribution in [0.15, 0.2) is 36.8 Å². The number of nitrogens with zero attached hydrogens (tertiary/aromatic N) is 3. The Bertz CT molecular complexity index is 1130. The number of H-pyrrole nitrogens is 1. The second kappa shape index (κ2) is 8.26. The van der Waals surface area contributed by atoms with E-state index >= 15 is 0 Å². The first-order valence-corrected chi connectivity index (χ1v) is 11.2. The number of ether oxygens (including phenoxy) is 1. The Morgan fingerprint density at radius 2 is 2.22 bits per heavy atom. The number of rotatable bonds is 5. The van der Waals surface area contributed by atoms with Crippen LogP contribution in [0.2, 0.25) is 5.02 Å². The molecule has 1 fully saturated rings. The third-order valence-electron chi connectivity index (χ3n) is 6.69. The van der Waals surface area contributed by atoms with E-state index in [1.54, 1.807) is 18.5 Å². The van der Waals surface area contributed by atoms with Crippen LogP contribution >= 0.6 is 11.6 Å². The summed E-state index contributed by atoms with van der Waals surface area (Å²) in [5.74, 6) is 1.60. The van der Waals surface area contributed by atoms with Crippen molar-refractivity contribution in [1.82, 2.24) is 20.3 Å². The van der Waals surface area contributed by atoms with Gasteiger partial charge in [-0.1, -0.05) is 30.7 Å². The molecule has 1 saturated heterocycles. The molecule has 2 aromatic heterocycles. The van der Waals surface area contributed by atoms with Crippen molar-refractivity contribution in [2.75, 3.05) is 24.7 Å². The molecule has 32 heavy (non-hydrogen) atoms. The average Bonchev–Trinajstić information content (AvgIpc) is 3.14. The van der Waals surface area contributed by atoms with Crippen molar-refractivity contribution in [3.8, 4) is 5.75 Å². The summed E-state index contributed by atoms with van der Waals surface area (Å²) in [6, 6.07) is 7.13. The van der Waals surface area contributed by atoms with E-state index in [0.29, 0.717) is 37.4 Å². The topological polar surface area (TPSA) is 103 Å². The Balaban J connectivity index is 1.35. The zero-order valence-corrected chi connectivity index (χ0v) is 18.6. The molecular weight excluding hydrogens is 430 g/mol. The summed E-state index contributed by atoms with van der Waals surface area (Å²) in [5, 5.41) is 14.3. The summed E-state index contributed by atoms with van der Waals surface area (Å²) in [4.78, 5) is 27.7. The van der Waals surface area contributed by atoms with E-state index in [9.17, 15) is 9.90 Å². The molecule has 5 rings (SSSR count). The number of carbonyl (C=O) groups excluding carboxylic acids is 1. The molecule has 0 aliphatic carbocycles. The highest BCUT2D eigenvalue weighted by Crippen LogP contribution is 2.42. The Hall–Kier alpha value is -2.84. The third-order valence-corrected chi connectivity index (χ3v) is 6.94. The zero-order chi connectivity index (χ0) is 22.3. The van der Waals surface area contributed by atoms with Crippen LogP contribution in [0.4, 0.5) is 5.82 Å². The number of piperidine rings is 1. The number of anilines is 1. The van der Waals surface area contributed by atoms with E-state index < -0.39 is 5.41 Å². The SMILES string of the molecule is CC1(C(=O)N[C@@H](CCO)c2ccc(Cl)cc2)CCN2c3ncnc4[nH]cc(c34)OCC2C1. The van der Waals surface area contributed by atoms with Crippen LogP contribution in [-0.4, -0.2) is 51.8 Å². The summed E-state index contributed by atoms with van der Waals surface area (Å²) in [5.41, 5.74) is 1.13. The maximum atomic E-state index is 13.5. The van der Waals surface area contributed by atoms with Crippen molar-refractivity contribution in [2.45, 2.75) is 38.3 Å². The number of aromatic nitrogens is 3. The minimum absolute atomic E-state index is 0.0112. The third kappa shape index (κ3) is 3.67. The molecule has 2 aliphatic rings.